The Morgan fingerprint density at radius 1 is 1.40 bits per heavy atom. The summed E-state index contributed by atoms with van der Waals surface area (Å²) in [6, 6.07) is 9.36. The molecule has 0 saturated carbocycles. The number of hydrogen-bond acceptors (Lipinski definition) is 1. The minimum absolute atomic E-state index is 0. The van der Waals surface area contributed by atoms with Gasteiger partial charge in [-0.1, -0.05) is 5.69 Å². The molecule has 78 valence electrons. The van der Waals surface area contributed by atoms with E-state index in [1.807, 2.05) is 26.3 Å². The van der Waals surface area contributed by atoms with E-state index >= 15 is 0 Å². The summed E-state index contributed by atoms with van der Waals surface area (Å²) in [7, 11) is 2.14. The van der Waals surface area contributed by atoms with E-state index in [4.69, 9.17) is 0 Å². The molecule has 0 saturated heterocycles. The summed E-state index contributed by atoms with van der Waals surface area (Å²) in [6.45, 7) is 5.19. The van der Waals surface area contributed by atoms with E-state index in [1.165, 1.54) is 30.6 Å². The molecule has 1 aliphatic rings. The van der Waals surface area contributed by atoms with Gasteiger partial charge >= 0.3 is 32.7 Å². The third-order valence-electron chi connectivity index (χ3n) is 2.28. The van der Waals surface area contributed by atoms with Crippen molar-refractivity contribution in [3.8, 4) is 0 Å². The largest absolute Gasteiger partial charge is 3.00 e. The Hall–Kier alpha value is 0.124. The summed E-state index contributed by atoms with van der Waals surface area (Å²) in [4.78, 5) is 2.30. The number of fused-ring (bicyclic) bond motifs is 1. The van der Waals surface area contributed by atoms with Crippen LogP contribution in [0.4, 0.5) is 5.69 Å². The number of anilines is 1. The Morgan fingerprint density at radius 2 is 2.07 bits per heavy atom. The zero-order valence-electron chi connectivity index (χ0n) is 9.96. The van der Waals surface area contributed by atoms with Crippen molar-refractivity contribution >= 4 is 5.69 Å². The molecule has 1 aromatic carbocycles. The van der Waals surface area contributed by atoms with Crippen LogP contribution in [0.15, 0.2) is 18.2 Å². The summed E-state index contributed by atoms with van der Waals surface area (Å²) in [5, 5.41) is 0. The minimum Gasteiger partial charge on any atom is -0.426 e. The Bertz CT molecular complexity index is 273. The van der Waals surface area contributed by atoms with Crippen LogP contribution in [-0.4, -0.2) is 13.6 Å². The monoisotopic (exact) mass is 278 g/mol. The third-order valence-corrected chi connectivity index (χ3v) is 2.28. The summed E-state index contributed by atoms with van der Waals surface area (Å²) in [5.41, 5.74) is 2.83. The number of benzene rings is 1. The third kappa shape index (κ3) is 4.65. The van der Waals surface area contributed by atoms with Crippen LogP contribution in [0.1, 0.15) is 25.8 Å². The van der Waals surface area contributed by atoms with Crippen LogP contribution in [-0.2, 0) is 39.1 Å². The molecule has 1 aromatic rings. The van der Waals surface area contributed by atoms with Crippen LogP contribution < -0.4 is 4.90 Å². The van der Waals surface area contributed by atoms with E-state index in [0.29, 0.717) is 0 Å². The van der Waals surface area contributed by atoms with E-state index in [9.17, 15) is 0 Å². The van der Waals surface area contributed by atoms with Gasteiger partial charge < -0.3 is 11.3 Å². The van der Waals surface area contributed by atoms with Crippen molar-refractivity contribution in [3.05, 3.63) is 36.2 Å². The molecule has 0 spiro atoms. The van der Waals surface area contributed by atoms with Gasteiger partial charge in [-0.05, 0) is 19.9 Å². The molecular formula is C13H19NY+. The van der Waals surface area contributed by atoms with Gasteiger partial charge in [0.2, 0.25) is 0 Å². The first-order valence-corrected chi connectivity index (χ1v) is 5.23. The normalized spacial score (nSPS) is 13.1. The van der Waals surface area contributed by atoms with Crippen LogP contribution in [0, 0.1) is 12.5 Å². The predicted octanol–water partition coefficient (Wildman–Crippen LogP) is 3.10. The van der Waals surface area contributed by atoms with Gasteiger partial charge in [0.25, 0.3) is 0 Å². The average molecular weight is 278 g/mol. The molecular weight excluding hydrogens is 259 g/mol. The summed E-state index contributed by atoms with van der Waals surface area (Å²) in [6.07, 6.45) is 4.52. The molecule has 0 aromatic heterocycles. The predicted molar refractivity (Wildman–Crippen MR) is 62.5 cm³/mol. The fourth-order valence-electron chi connectivity index (χ4n) is 1.65. The van der Waals surface area contributed by atoms with Gasteiger partial charge in [0, 0.05) is 6.54 Å². The SMILES string of the molecule is CN1CCCc2cc[c-]cc21.C[CH-]C.[Y+3]. The van der Waals surface area contributed by atoms with Gasteiger partial charge in [-0.15, -0.1) is 5.56 Å². The van der Waals surface area contributed by atoms with E-state index < -0.39 is 0 Å². The van der Waals surface area contributed by atoms with E-state index in [2.05, 4.69) is 30.1 Å². The van der Waals surface area contributed by atoms with Crippen molar-refractivity contribution in [1.29, 1.82) is 0 Å². The van der Waals surface area contributed by atoms with Gasteiger partial charge in [-0.25, -0.2) is 0 Å². The number of nitrogens with zero attached hydrogens (tertiary/aromatic N) is 1. The second-order valence-electron chi connectivity index (χ2n) is 3.66. The fraction of sp³-hybridized carbons (Fsp3) is 0.462. The zero-order chi connectivity index (χ0) is 10.4. The first-order valence-electron chi connectivity index (χ1n) is 5.23. The van der Waals surface area contributed by atoms with Crippen LogP contribution in [0.3, 0.4) is 0 Å². The molecule has 0 unspecified atom stereocenters. The van der Waals surface area contributed by atoms with Crippen molar-refractivity contribution < 1.29 is 32.7 Å². The van der Waals surface area contributed by atoms with Crippen molar-refractivity contribution in [3.63, 3.8) is 0 Å². The summed E-state index contributed by atoms with van der Waals surface area (Å²) in [5.74, 6) is 0. The summed E-state index contributed by atoms with van der Waals surface area (Å²) >= 11 is 0. The maximum atomic E-state index is 3.11. The molecule has 0 atom stereocenters. The Labute approximate surface area is 119 Å². The fourth-order valence-corrected chi connectivity index (χ4v) is 1.65. The molecule has 0 fully saturated rings. The van der Waals surface area contributed by atoms with Crippen LogP contribution in [0.2, 0.25) is 0 Å². The maximum absolute atomic E-state index is 3.11. The maximum Gasteiger partial charge on any atom is 3.00 e. The van der Waals surface area contributed by atoms with Crippen molar-refractivity contribution in [2.75, 3.05) is 18.5 Å². The molecule has 15 heavy (non-hydrogen) atoms. The average Bonchev–Trinajstić information content (AvgIpc) is 2.20. The summed E-state index contributed by atoms with van der Waals surface area (Å²) < 4.78 is 0. The van der Waals surface area contributed by atoms with Crippen molar-refractivity contribution in [2.45, 2.75) is 26.7 Å². The standard InChI is InChI=1S/C10H12N.C3H7.Y/c1-11-8-4-6-9-5-2-3-7-10(9)11;1-3-2;/h2,5,7H,4,6,8H2,1H3;3H,1-2H3;/q2*-1;+3. The molecule has 0 radical (unpaired) electrons. The van der Waals surface area contributed by atoms with Crippen molar-refractivity contribution in [2.24, 2.45) is 0 Å². The molecule has 1 nitrogen and oxygen atoms in total. The topological polar surface area (TPSA) is 3.24 Å². The first kappa shape index (κ1) is 15.1. The van der Waals surface area contributed by atoms with Gasteiger partial charge in [0.05, 0.1) is 0 Å². The number of hydrogen-bond donors (Lipinski definition) is 0. The van der Waals surface area contributed by atoms with Crippen molar-refractivity contribution in [1.82, 2.24) is 0 Å². The molecule has 0 N–H and O–H groups in total. The number of aryl methyl sites for hydroxylation is 1. The Morgan fingerprint density at radius 3 is 2.67 bits per heavy atom. The van der Waals surface area contributed by atoms with E-state index in [0.717, 1.165) is 0 Å². The molecule has 1 heterocycles. The first-order chi connectivity index (χ1) is 6.79. The number of rotatable bonds is 0. The van der Waals surface area contributed by atoms with Gasteiger partial charge in [-0.2, -0.15) is 38.1 Å². The molecule has 1 aliphatic heterocycles. The smallest absolute Gasteiger partial charge is 0.426 e. The zero-order valence-corrected chi connectivity index (χ0v) is 12.8. The van der Waals surface area contributed by atoms with Gasteiger partial charge in [0.15, 0.2) is 0 Å². The van der Waals surface area contributed by atoms with Crippen LogP contribution >= 0.6 is 0 Å². The molecule has 2 rings (SSSR count). The molecule has 2 heteroatoms. The Kier molecular flexibility index (Phi) is 8.36. The van der Waals surface area contributed by atoms with E-state index in [-0.39, 0.29) is 32.7 Å². The minimum atomic E-state index is 0. The second-order valence-corrected chi connectivity index (χ2v) is 3.66. The quantitative estimate of drug-likeness (QED) is 0.659. The Balaban J connectivity index is 0.000000443. The second kappa shape index (κ2) is 8.30. The van der Waals surface area contributed by atoms with Crippen LogP contribution in [0.25, 0.3) is 0 Å². The van der Waals surface area contributed by atoms with E-state index in [1.54, 1.807) is 0 Å². The molecule has 0 aliphatic carbocycles. The molecule has 0 amide bonds. The van der Waals surface area contributed by atoms with Gasteiger partial charge in [-0.3, -0.25) is 0 Å². The molecule has 0 bridgehead atoms. The van der Waals surface area contributed by atoms with Gasteiger partial charge in [0.1, 0.15) is 0 Å². The van der Waals surface area contributed by atoms with Crippen LogP contribution in [0.5, 0.6) is 0 Å².